The zero-order valence-corrected chi connectivity index (χ0v) is 60.9. The van der Waals surface area contributed by atoms with Gasteiger partial charge in [0.05, 0.1) is 5.56 Å². The monoisotopic (exact) mass is 1450 g/mol. The predicted octanol–water partition coefficient (Wildman–Crippen LogP) is 28.3. The van der Waals surface area contributed by atoms with Crippen molar-refractivity contribution in [1.82, 2.24) is 29.9 Å². The van der Waals surface area contributed by atoms with Crippen LogP contribution in [0.2, 0.25) is 0 Å². The van der Waals surface area contributed by atoms with E-state index in [-0.39, 0.29) is 0 Å². The molecule has 6 heterocycles. The molecule has 0 atom stereocenters. The van der Waals surface area contributed by atoms with Gasteiger partial charge >= 0.3 is 0 Å². The molecular formula is C100H54N6OS3. The molecule has 1 aliphatic rings. The van der Waals surface area contributed by atoms with E-state index in [1.165, 1.54) is 91.1 Å². The van der Waals surface area contributed by atoms with Gasteiger partial charge in [-0.2, -0.15) is 0 Å². The van der Waals surface area contributed by atoms with E-state index < -0.39 is 0 Å². The van der Waals surface area contributed by atoms with Gasteiger partial charge in [0.2, 0.25) is 0 Å². The Morgan fingerprint density at radius 3 is 1.43 bits per heavy atom. The van der Waals surface area contributed by atoms with E-state index >= 15 is 0 Å². The van der Waals surface area contributed by atoms with Gasteiger partial charge in [0.25, 0.3) is 0 Å². The fraction of sp³-hybridized carbons (Fsp3) is 0. The van der Waals surface area contributed by atoms with Crippen LogP contribution in [0.3, 0.4) is 0 Å². The Bertz CT molecular complexity index is 7890. The van der Waals surface area contributed by atoms with Crippen molar-refractivity contribution in [2.75, 3.05) is 0 Å². The number of thiophene rings is 3. The molecule has 0 bridgehead atoms. The second-order valence-electron chi connectivity index (χ2n) is 28.6. The van der Waals surface area contributed by atoms with E-state index in [1.54, 1.807) is 34.0 Å². The number of aromatic nitrogens is 6. The molecule has 0 saturated carbocycles. The van der Waals surface area contributed by atoms with Crippen molar-refractivity contribution in [1.29, 1.82) is 0 Å². The lowest BCUT2D eigenvalue weighted by Gasteiger charge is -2.14. The van der Waals surface area contributed by atoms with E-state index in [0.717, 1.165) is 123 Å². The first-order chi connectivity index (χ1) is 54.5. The SMILES string of the molecule is c1ccc(-c2nc(-c3cccc4c3oc3ccccc34)nc(-c3cc(-c4ccc(-c5nc(-c6ccccc6)nc(-c6ccc7sc8ccccc8c7c6)n5)c5c4sc4ccc(-c6ccc7c8ccccc8c8ccccc8c7c6)cc45)cc4sc5ccc(-c6cccc7c6-c6cccc8cccc-7c68)cc5c34)n2)cc1. The lowest BCUT2D eigenvalue weighted by molar-refractivity contribution is 0.669. The van der Waals surface area contributed by atoms with Crippen molar-refractivity contribution in [3.63, 3.8) is 0 Å². The van der Waals surface area contributed by atoms with Crippen LogP contribution in [0.1, 0.15) is 0 Å². The summed E-state index contributed by atoms with van der Waals surface area (Å²) < 4.78 is 13.8. The van der Waals surface area contributed by atoms with Gasteiger partial charge in [-0.15, -0.1) is 34.0 Å². The zero-order chi connectivity index (χ0) is 71.8. The quantitative estimate of drug-likeness (QED) is 0.133. The highest BCUT2D eigenvalue weighted by atomic mass is 32.1. The van der Waals surface area contributed by atoms with Gasteiger partial charge in [0, 0.05) is 99.1 Å². The summed E-state index contributed by atoms with van der Waals surface area (Å²) in [5.74, 6) is 3.40. The summed E-state index contributed by atoms with van der Waals surface area (Å²) >= 11 is 5.41. The number of para-hydroxylation sites is 2. The third-order valence-corrected chi connectivity index (χ3v) is 26.0. The van der Waals surface area contributed by atoms with E-state index in [1.807, 2.05) is 36.4 Å². The third-order valence-electron chi connectivity index (χ3n) is 22.5. The van der Waals surface area contributed by atoms with Crippen LogP contribution >= 0.6 is 34.0 Å². The first-order valence-corrected chi connectivity index (χ1v) is 39.4. The van der Waals surface area contributed by atoms with Crippen molar-refractivity contribution >= 4 is 160 Å². The molecule has 17 aromatic carbocycles. The highest BCUT2D eigenvalue weighted by Crippen LogP contribution is 2.54. The van der Waals surface area contributed by atoms with Crippen LogP contribution in [0.25, 0.3) is 250 Å². The van der Waals surface area contributed by atoms with E-state index in [4.69, 9.17) is 34.3 Å². The number of hydrogen-bond acceptors (Lipinski definition) is 10. The molecule has 0 spiro atoms. The van der Waals surface area contributed by atoms with Gasteiger partial charge in [0.15, 0.2) is 34.9 Å². The average Bonchev–Trinajstić information content (AvgIpc) is 1.64. The molecule has 1 aliphatic carbocycles. The Morgan fingerprint density at radius 2 is 0.673 bits per heavy atom. The van der Waals surface area contributed by atoms with Crippen LogP contribution in [0.4, 0.5) is 0 Å². The molecule has 6 aromatic heterocycles. The van der Waals surface area contributed by atoms with Crippen molar-refractivity contribution < 1.29 is 4.42 Å². The Morgan fingerprint density at radius 1 is 0.200 bits per heavy atom. The van der Waals surface area contributed by atoms with Crippen LogP contribution in [0.5, 0.6) is 0 Å². The van der Waals surface area contributed by atoms with Crippen molar-refractivity contribution in [3.8, 4) is 124 Å². The minimum Gasteiger partial charge on any atom is -0.455 e. The van der Waals surface area contributed by atoms with Crippen LogP contribution in [-0.2, 0) is 0 Å². The largest absolute Gasteiger partial charge is 0.455 e. The standard InChI is InChI=1S/C100H54N6OS3/c1-3-19-56(20-4-1)95-101-97(61-42-48-85-79(52-61)71-30-12-14-38-84(71)108-85)105-98(102-95)76-45-44-64(94-92(76)81-50-59(40-46-87(81)110-94)58-39-43-69-67-27-8-7-25-65(67)66-26-9-10-28-68(66)78(69)49-58)62-53-82(100-104-96(57-21-5-2-6-22-57)103-99(106-100)77-36-18-34-74-70-29-11-13-37-83(70)107-93(74)77)91-80-51-60(41-47-86(80)109-88(91)54-62)63-31-17-33-73-72-32-15-23-55-24-16-35-75(89(55)72)90(63)73/h1-54H. The van der Waals surface area contributed by atoms with Gasteiger partial charge in [0.1, 0.15) is 11.2 Å². The molecule has 7 nitrogen and oxygen atoms in total. The fourth-order valence-electron chi connectivity index (χ4n) is 17.5. The Balaban J connectivity index is 0.770. The molecule has 0 amide bonds. The smallest absolute Gasteiger partial charge is 0.167 e. The lowest BCUT2D eigenvalue weighted by atomic mass is 9.91. The Kier molecular flexibility index (Phi) is 13.3. The summed E-state index contributed by atoms with van der Waals surface area (Å²) in [7, 11) is 0. The molecule has 508 valence electrons. The molecule has 23 aromatic rings. The van der Waals surface area contributed by atoms with Gasteiger partial charge in [-0.3, -0.25) is 0 Å². The van der Waals surface area contributed by atoms with Crippen molar-refractivity contribution in [2.24, 2.45) is 0 Å². The molecule has 110 heavy (non-hydrogen) atoms. The highest BCUT2D eigenvalue weighted by molar-refractivity contribution is 7.27. The molecule has 0 N–H and O–H groups in total. The molecule has 0 saturated heterocycles. The first kappa shape index (κ1) is 61.4. The molecule has 24 rings (SSSR count). The molecule has 10 heteroatoms. The van der Waals surface area contributed by atoms with E-state index in [9.17, 15) is 0 Å². The molecular weight excluding hydrogens is 1400 g/mol. The molecule has 0 unspecified atom stereocenters. The number of hydrogen-bond donors (Lipinski definition) is 0. The summed E-state index contributed by atoms with van der Waals surface area (Å²) in [6.45, 7) is 0. The number of rotatable bonds is 9. The summed E-state index contributed by atoms with van der Waals surface area (Å²) in [4.78, 5) is 33.3. The van der Waals surface area contributed by atoms with Crippen LogP contribution < -0.4 is 0 Å². The summed E-state index contributed by atoms with van der Waals surface area (Å²) in [6, 6.07) is 119. The maximum Gasteiger partial charge on any atom is 0.167 e. The second kappa shape index (κ2) is 23.9. The van der Waals surface area contributed by atoms with E-state index in [0.29, 0.717) is 34.9 Å². The van der Waals surface area contributed by atoms with Gasteiger partial charge in [-0.1, -0.05) is 243 Å². The number of fused-ring (bicyclic) bond motifs is 21. The molecule has 0 aliphatic heterocycles. The molecule has 0 fully saturated rings. The van der Waals surface area contributed by atoms with Crippen LogP contribution in [0.15, 0.2) is 332 Å². The summed E-state index contributed by atoms with van der Waals surface area (Å²) in [6.07, 6.45) is 0. The number of benzene rings is 17. The van der Waals surface area contributed by atoms with Crippen molar-refractivity contribution in [2.45, 2.75) is 0 Å². The predicted molar refractivity (Wildman–Crippen MR) is 463 cm³/mol. The lowest BCUT2D eigenvalue weighted by Crippen LogP contribution is -2.01. The first-order valence-electron chi connectivity index (χ1n) is 36.9. The minimum absolute atomic E-state index is 0.515. The highest BCUT2D eigenvalue weighted by Gasteiger charge is 2.28. The van der Waals surface area contributed by atoms with Crippen LogP contribution in [-0.4, -0.2) is 29.9 Å². The number of furan rings is 1. The van der Waals surface area contributed by atoms with Gasteiger partial charge < -0.3 is 4.42 Å². The normalized spacial score (nSPS) is 12.2. The second-order valence-corrected chi connectivity index (χ2v) is 31.8. The van der Waals surface area contributed by atoms with Gasteiger partial charge in [-0.05, 0) is 184 Å². The maximum absolute atomic E-state index is 6.81. The van der Waals surface area contributed by atoms with E-state index in [2.05, 4.69) is 291 Å². The number of nitrogens with zero attached hydrogens (tertiary/aromatic N) is 6. The summed E-state index contributed by atoms with van der Waals surface area (Å²) in [5, 5.41) is 18.7. The van der Waals surface area contributed by atoms with Crippen LogP contribution in [0, 0.1) is 0 Å². The van der Waals surface area contributed by atoms with Gasteiger partial charge in [-0.25, -0.2) is 29.9 Å². The fourth-order valence-corrected chi connectivity index (χ4v) is 21.0. The third kappa shape index (κ3) is 9.40. The molecule has 0 radical (unpaired) electrons. The van der Waals surface area contributed by atoms with Crippen molar-refractivity contribution in [3.05, 3.63) is 328 Å². The minimum atomic E-state index is 0.515. The topological polar surface area (TPSA) is 90.5 Å². The Hall–Kier alpha value is -13.7. The average molecular weight is 1450 g/mol. The Labute approximate surface area is 640 Å². The summed E-state index contributed by atoms with van der Waals surface area (Å²) in [5.41, 5.74) is 18.5. The maximum atomic E-state index is 6.81. The zero-order valence-electron chi connectivity index (χ0n) is 58.5.